The minimum Gasteiger partial charge on any atom is -0.494 e. The van der Waals surface area contributed by atoms with Crippen molar-refractivity contribution in [3.63, 3.8) is 0 Å². The normalized spacial score (nSPS) is 15.0. The predicted octanol–water partition coefficient (Wildman–Crippen LogP) is 2.40. The van der Waals surface area contributed by atoms with Crippen LogP contribution in [0.2, 0.25) is 0 Å². The van der Waals surface area contributed by atoms with Crippen LogP contribution in [0.25, 0.3) is 0 Å². The standard InChI is InChI=1S/C17H23FN2O3/c1-23-15-8-7-12(11-14(15)18)17(22)19-10-9-16(21)20-13-5-3-2-4-6-13/h7-8,11,13H,2-6,9-10H2,1H3,(H,19,22)(H,20,21). The van der Waals surface area contributed by atoms with Crippen LogP contribution < -0.4 is 15.4 Å². The SMILES string of the molecule is COc1ccc(C(=O)NCCC(=O)NC2CCCCC2)cc1F. The van der Waals surface area contributed by atoms with E-state index in [9.17, 15) is 14.0 Å². The second kappa shape index (κ2) is 8.50. The summed E-state index contributed by atoms with van der Waals surface area (Å²) < 4.78 is 18.4. The fourth-order valence-electron chi connectivity index (χ4n) is 2.75. The molecule has 1 aliphatic rings. The van der Waals surface area contributed by atoms with Gasteiger partial charge < -0.3 is 15.4 Å². The first-order valence-electron chi connectivity index (χ1n) is 8.01. The van der Waals surface area contributed by atoms with Gasteiger partial charge in [0.1, 0.15) is 0 Å². The molecule has 0 saturated heterocycles. The van der Waals surface area contributed by atoms with E-state index in [4.69, 9.17) is 4.74 Å². The Morgan fingerprint density at radius 1 is 1.26 bits per heavy atom. The van der Waals surface area contributed by atoms with Crippen molar-refractivity contribution < 1.29 is 18.7 Å². The number of hydrogen-bond donors (Lipinski definition) is 2. The number of halogens is 1. The van der Waals surface area contributed by atoms with Crippen molar-refractivity contribution >= 4 is 11.8 Å². The Bertz CT molecular complexity index is 557. The van der Waals surface area contributed by atoms with E-state index in [2.05, 4.69) is 10.6 Å². The third kappa shape index (κ3) is 5.23. The fraction of sp³-hybridized carbons (Fsp3) is 0.529. The third-order valence-electron chi connectivity index (χ3n) is 4.02. The van der Waals surface area contributed by atoms with Crippen molar-refractivity contribution in [3.8, 4) is 5.75 Å². The predicted molar refractivity (Wildman–Crippen MR) is 84.9 cm³/mol. The Kier molecular flexibility index (Phi) is 6.38. The van der Waals surface area contributed by atoms with Crippen molar-refractivity contribution in [1.29, 1.82) is 0 Å². The molecule has 1 aromatic carbocycles. The number of amides is 2. The zero-order valence-electron chi connectivity index (χ0n) is 13.4. The number of methoxy groups -OCH3 is 1. The third-order valence-corrected chi connectivity index (χ3v) is 4.02. The van der Waals surface area contributed by atoms with Crippen LogP contribution in [-0.2, 0) is 4.79 Å². The average molecular weight is 322 g/mol. The summed E-state index contributed by atoms with van der Waals surface area (Å²) in [5.74, 6) is -0.960. The van der Waals surface area contributed by atoms with Gasteiger partial charge in [0.2, 0.25) is 5.91 Å². The molecule has 126 valence electrons. The van der Waals surface area contributed by atoms with Gasteiger partial charge in [-0.15, -0.1) is 0 Å². The molecule has 0 bridgehead atoms. The molecule has 6 heteroatoms. The lowest BCUT2D eigenvalue weighted by atomic mass is 9.95. The number of carbonyl (C=O) groups is 2. The van der Waals surface area contributed by atoms with Crippen molar-refractivity contribution in [1.82, 2.24) is 10.6 Å². The Morgan fingerprint density at radius 2 is 2.00 bits per heavy atom. The molecule has 2 rings (SSSR count). The number of nitrogens with one attached hydrogen (secondary N) is 2. The van der Waals surface area contributed by atoms with E-state index in [-0.39, 0.29) is 36.2 Å². The van der Waals surface area contributed by atoms with Gasteiger partial charge in [-0.2, -0.15) is 0 Å². The highest BCUT2D eigenvalue weighted by Gasteiger charge is 2.16. The van der Waals surface area contributed by atoms with Crippen LogP contribution >= 0.6 is 0 Å². The molecule has 0 atom stereocenters. The molecule has 23 heavy (non-hydrogen) atoms. The highest BCUT2D eigenvalue weighted by atomic mass is 19.1. The van der Waals surface area contributed by atoms with Crippen molar-refractivity contribution in [2.24, 2.45) is 0 Å². The molecule has 1 saturated carbocycles. The molecule has 0 aromatic heterocycles. The van der Waals surface area contributed by atoms with Crippen molar-refractivity contribution in [2.75, 3.05) is 13.7 Å². The van der Waals surface area contributed by atoms with E-state index in [1.165, 1.54) is 25.7 Å². The Hall–Kier alpha value is -2.11. The molecule has 1 aromatic rings. The first-order valence-corrected chi connectivity index (χ1v) is 8.01. The van der Waals surface area contributed by atoms with E-state index in [0.717, 1.165) is 31.7 Å². The molecule has 0 unspecified atom stereocenters. The molecular weight excluding hydrogens is 299 g/mol. The summed E-state index contributed by atoms with van der Waals surface area (Å²) in [6.07, 6.45) is 5.84. The zero-order valence-corrected chi connectivity index (χ0v) is 13.4. The topological polar surface area (TPSA) is 67.4 Å². The van der Waals surface area contributed by atoms with E-state index in [0.29, 0.717) is 0 Å². The minimum atomic E-state index is -0.588. The van der Waals surface area contributed by atoms with E-state index < -0.39 is 11.7 Å². The van der Waals surface area contributed by atoms with Gasteiger partial charge in [0.15, 0.2) is 11.6 Å². The first kappa shape index (κ1) is 17.2. The first-order chi connectivity index (χ1) is 11.1. The summed E-state index contributed by atoms with van der Waals surface area (Å²) in [7, 11) is 1.36. The quantitative estimate of drug-likeness (QED) is 0.845. The van der Waals surface area contributed by atoms with Crippen LogP contribution in [0, 0.1) is 5.82 Å². The molecule has 1 fully saturated rings. The van der Waals surface area contributed by atoms with Gasteiger partial charge in [0.25, 0.3) is 5.91 Å². The second-order valence-electron chi connectivity index (χ2n) is 5.76. The van der Waals surface area contributed by atoms with Gasteiger partial charge in [0, 0.05) is 24.6 Å². The van der Waals surface area contributed by atoms with Crippen LogP contribution in [0.4, 0.5) is 4.39 Å². The Balaban J connectivity index is 1.73. The van der Waals surface area contributed by atoms with Gasteiger partial charge >= 0.3 is 0 Å². The molecule has 2 amide bonds. The number of rotatable bonds is 6. The maximum atomic E-state index is 13.6. The minimum absolute atomic E-state index is 0.0573. The molecule has 0 radical (unpaired) electrons. The van der Waals surface area contributed by atoms with Crippen LogP contribution in [-0.4, -0.2) is 31.5 Å². The summed E-state index contributed by atoms with van der Waals surface area (Å²) in [5, 5.41) is 5.61. The van der Waals surface area contributed by atoms with E-state index in [1.54, 1.807) is 0 Å². The Morgan fingerprint density at radius 3 is 2.65 bits per heavy atom. The number of benzene rings is 1. The van der Waals surface area contributed by atoms with Crippen molar-refractivity contribution in [3.05, 3.63) is 29.6 Å². The number of hydrogen-bond acceptors (Lipinski definition) is 3. The van der Waals surface area contributed by atoms with E-state index >= 15 is 0 Å². The van der Waals surface area contributed by atoms with Gasteiger partial charge in [-0.05, 0) is 31.0 Å². The highest BCUT2D eigenvalue weighted by Crippen LogP contribution is 2.18. The molecule has 5 nitrogen and oxygen atoms in total. The van der Waals surface area contributed by atoms with Crippen LogP contribution in [0.5, 0.6) is 5.75 Å². The van der Waals surface area contributed by atoms with Crippen LogP contribution in [0.15, 0.2) is 18.2 Å². The van der Waals surface area contributed by atoms with Crippen LogP contribution in [0.3, 0.4) is 0 Å². The van der Waals surface area contributed by atoms with Crippen LogP contribution in [0.1, 0.15) is 48.9 Å². The second-order valence-corrected chi connectivity index (χ2v) is 5.76. The summed E-state index contributed by atoms with van der Waals surface area (Å²) >= 11 is 0. The average Bonchev–Trinajstić information content (AvgIpc) is 2.55. The molecule has 2 N–H and O–H groups in total. The molecule has 0 spiro atoms. The Labute approximate surface area is 135 Å². The lowest BCUT2D eigenvalue weighted by molar-refractivity contribution is -0.121. The molecular formula is C17H23FN2O3. The molecule has 0 aliphatic heterocycles. The molecule has 1 aliphatic carbocycles. The largest absolute Gasteiger partial charge is 0.494 e. The number of ether oxygens (including phenoxy) is 1. The number of carbonyl (C=O) groups excluding carboxylic acids is 2. The van der Waals surface area contributed by atoms with Gasteiger partial charge in [-0.25, -0.2) is 4.39 Å². The van der Waals surface area contributed by atoms with Gasteiger partial charge in [-0.3, -0.25) is 9.59 Å². The lowest BCUT2D eigenvalue weighted by Gasteiger charge is -2.22. The summed E-state index contributed by atoms with van der Waals surface area (Å²) in [4.78, 5) is 23.7. The summed E-state index contributed by atoms with van der Waals surface area (Å²) in [6, 6.07) is 4.28. The molecule has 0 heterocycles. The maximum Gasteiger partial charge on any atom is 0.251 e. The van der Waals surface area contributed by atoms with Gasteiger partial charge in [-0.1, -0.05) is 19.3 Å². The van der Waals surface area contributed by atoms with Crippen molar-refractivity contribution in [2.45, 2.75) is 44.6 Å². The zero-order chi connectivity index (χ0) is 16.7. The fourth-order valence-corrected chi connectivity index (χ4v) is 2.75. The lowest BCUT2D eigenvalue weighted by Crippen LogP contribution is -2.38. The van der Waals surface area contributed by atoms with Gasteiger partial charge in [0.05, 0.1) is 7.11 Å². The monoisotopic (exact) mass is 322 g/mol. The summed E-state index contributed by atoms with van der Waals surface area (Å²) in [6.45, 7) is 0.227. The summed E-state index contributed by atoms with van der Waals surface area (Å²) in [5.41, 5.74) is 0.205. The maximum absolute atomic E-state index is 13.6. The van der Waals surface area contributed by atoms with E-state index in [1.807, 2.05) is 0 Å². The highest BCUT2D eigenvalue weighted by molar-refractivity contribution is 5.94. The smallest absolute Gasteiger partial charge is 0.251 e.